The van der Waals surface area contributed by atoms with Crippen molar-refractivity contribution < 1.29 is 55.4 Å². The van der Waals surface area contributed by atoms with Crippen LogP contribution in [0.25, 0.3) is 6.08 Å². The second-order valence-electron chi connectivity index (χ2n) is 6.60. The van der Waals surface area contributed by atoms with Gasteiger partial charge in [-0.25, -0.2) is 6.08 Å². The molecule has 1 aliphatic carbocycles. The van der Waals surface area contributed by atoms with Crippen LogP contribution in [-0.4, -0.2) is 16.4 Å². The molecule has 1 unspecified atom stereocenters. The molecule has 2 aromatic carbocycles. The maximum Gasteiger partial charge on any atom is 4.00 e. The molecule has 0 radical (unpaired) electrons. The van der Waals surface area contributed by atoms with Crippen LogP contribution in [0.5, 0.6) is 0 Å². The Labute approximate surface area is 199 Å². The molecule has 0 spiro atoms. The van der Waals surface area contributed by atoms with Gasteiger partial charge in [0.15, 0.2) is 9.76 Å². The SMILES string of the molecule is C[SiH2]OCCC1[C-]=Cc2ccccc21.Cc1c(C)c(C)[c-](C)c1C.[Cl-].[Cl-].[Zr+4]. The number of hydrogen-bond donors (Lipinski definition) is 0. The summed E-state index contributed by atoms with van der Waals surface area (Å²) in [5, 5.41) is 0. The molecule has 0 fully saturated rings. The summed E-state index contributed by atoms with van der Waals surface area (Å²) in [6, 6.07) is 8.52. The third kappa shape index (κ3) is 7.37. The van der Waals surface area contributed by atoms with E-state index in [2.05, 4.69) is 77.6 Å². The maximum absolute atomic E-state index is 5.50. The summed E-state index contributed by atoms with van der Waals surface area (Å²) in [7, 11) is -0.237. The summed E-state index contributed by atoms with van der Waals surface area (Å²) >= 11 is 0. The van der Waals surface area contributed by atoms with E-state index in [4.69, 9.17) is 4.43 Å². The molecule has 146 valence electrons. The summed E-state index contributed by atoms with van der Waals surface area (Å²) in [6.45, 7) is 14.1. The molecule has 0 aromatic heterocycles. The predicted octanol–water partition coefficient (Wildman–Crippen LogP) is -0.908. The van der Waals surface area contributed by atoms with Gasteiger partial charge in [-0.05, 0) is 6.42 Å². The topological polar surface area (TPSA) is 9.23 Å². The van der Waals surface area contributed by atoms with Gasteiger partial charge in [0.1, 0.15) is 0 Å². The van der Waals surface area contributed by atoms with Crippen molar-refractivity contribution in [2.45, 2.75) is 53.5 Å². The number of fused-ring (bicyclic) bond motifs is 1. The molecule has 0 saturated carbocycles. The molecule has 0 N–H and O–H groups in total. The van der Waals surface area contributed by atoms with Gasteiger partial charge < -0.3 is 29.2 Å². The molecule has 1 nitrogen and oxygen atoms in total. The van der Waals surface area contributed by atoms with Crippen molar-refractivity contribution in [3.05, 3.63) is 69.3 Å². The Kier molecular flexibility index (Phi) is 15.1. The minimum absolute atomic E-state index is 0. The fourth-order valence-corrected chi connectivity index (χ4v) is 3.69. The predicted molar refractivity (Wildman–Crippen MR) is 108 cm³/mol. The van der Waals surface area contributed by atoms with Gasteiger partial charge in [0.25, 0.3) is 0 Å². The van der Waals surface area contributed by atoms with Gasteiger partial charge in [-0.1, -0.05) is 65.3 Å². The van der Waals surface area contributed by atoms with Gasteiger partial charge in [0, 0.05) is 6.61 Å². The van der Waals surface area contributed by atoms with E-state index in [0.29, 0.717) is 5.92 Å². The number of rotatable bonds is 4. The summed E-state index contributed by atoms with van der Waals surface area (Å²) < 4.78 is 5.50. The van der Waals surface area contributed by atoms with Crippen LogP contribution in [0.1, 0.15) is 51.3 Å². The van der Waals surface area contributed by atoms with Crippen molar-refractivity contribution in [2.24, 2.45) is 0 Å². The van der Waals surface area contributed by atoms with Crippen LogP contribution in [0, 0.1) is 40.7 Å². The zero-order valence-electron chi connectivity index (χ0n) is 17.2. The molecule has 0 aliphatic heterocycles. The van der Waals surface area contributed by atoms with Crippen molar-refractivity contribution >= 4 is 15.8 Å². The molecular weight excluding hydrogens is 470 g/mol. The Hall–Kier alpha value is -0.0500. The molecule has 3 rings (SSSR count). The second kappa shape index (κ2) is 14.0. The van der Waals surface area contributed by atoms with Crippen LogP contribution < -0.4 is 24.8 Å². The van der Waals surface area contributed by atoms with Gasteiger partial charge in [-0.15, -0.1) is 11.6 Å². The van der Waals surface area contributed by atoms with Crippen molar-refractivity contribution in [2.75, 3.05) is 6.61 Å². The normalized spacial score (nSPS) is 13.9. The summed E-state index contributed by atoms with van der Waals surface area (Å²) in [5.74, 6) is 0.465. The molecule has 2 aromatic rings. The van der Waals surface area contributed by atoms with Crippen LogP contribution in [0.2, 0.25) is 6.55 Å². The van der Waals surface area contributed by atoms with Gasteiger partial charge in [0.2, 0.25) is 0 Å². The average Bonchev–Trinajstić information content (AvgIpc) is 3.08. The van der Waals surface area contributed by atoms with E-state index in [9.17, 15) is 0 Å². The smallest absolute Gasteiger partial charge is 1.00 e. The molecule has 5 heteroatoms. The van der Waals surface area contributed by atoms with E-state index < -0.39 is 0 Å². The molecule has 0 saturated heterocycles. The van der Waals surface area contributed by atoms with Crippen molar-refractivity contribution in [1.82, 2.24) is 0 Å². The molecule has 1 atom stereocenters. The molecular formula is C22H30Cl2OSiZr. The van der Waals surface area contributed by atoms with Crippen molar-refractivity contribution in [3.8, 4) is 0 Å². The first-order chi connectivity index (χ1) is 11.5. The van der Waals surface area contributed by atoms with Crippen molar-refractivity contribution in [1.29, 1.82) is 0 Å². The standard InChI is InChI=1S/C12H15OSi.C10H15.2ClH.Zr/c1-14-13-9-8-11-7-6-10-4-2-3-5-12(10)11;1-6-7(2)9(4)10(5)8(6)3;;;/h2-6,11H,8-9,14H2,1H3;1-5H3;2*1H;/q2*-1;;;+4/p-2. The number of halogens is 2. The Morgan fingerprint density at radius 3 is 2.07 bits per heavy atom. The zero-order chi connectivity index (χ0) is 17.7. The van der Waals surface area contributed by atoms with Gasteiger partial charge in [-0.3, -0.25) is 6.08 Å². The first-order valence-corrected chi connectivity index (χ1v) is 10.9. The van der Waals surface area contributed by atoms with Crippen LogP contribution in [0.15, 0.2) is 24.3 Å². The van der Waals surface area contributed by atoms with Crippen LogP contribution >= 0.6 is 0 Å². The fourth-order valence-electron chi connectivity index (χ4n) is 3.23. The van der Waals surface area contributed by atoms with Gasteiger partial charge >= 0.3 is 26.2 Å². The first kappa shape index (κ1) is 29.2. The largest absolute Gasteiger partial charge is 4.00 e. The van der Waals surface area contributed by atoms with E-state index in [1.807, 2.05) is 0 Å². The van der Waals surface area contributed by atoms with E-state index >= 15 is 0 Å². The number of allylic oxidation sites excluding steroid dienone is 1. The van der Waals surface area contributed by atoms with Crippen molar-refractivity contribution in [3.63, 3.8) is 0 Å². The van der Waals surface area contributed by atoms with Gasteiger partial charge in [0.05, 0.1) is 0 Å². The third-order valence-electron chi connectivity index (χ3n) is 5.38. The Morgan fingerprint density at radius 2 is 1.59 bits per heavy atom. The third-order valence-corrected chi connectivity index (χ3v) is 6.08. The molecule has 27 heavy (non-hydrogen) atoms. The number of benzene rings is 1. The molecule has 1 aliphatic rings. The quantitative estimate of drug-likeness (QED) is 0.300. The molecule has 0 bridgehead atoms. The Bertz CT molecular complexity index is 645. The van der Waals surface area contributed by atoms with E-state index in [1.165, 1.54) is 38.9 Å². The second-order valence-corrected chi connectivity index (χ2v) is 7.59. The van der Waals surface area contributed by atoms with Crippen LogP contribution in [0.4, 0.5) is 0 Å². The number of hydrogen-bond acceptors (Lipinski definition) is 1. The molecule has 0 amide bonds. The van der Waals surface area contributed by atoms with Crippen LogP contribution in [0.3, 0.4) is 0 Å². The fraction of sp³-hybridized carbons (Fsp3) is 0.409. The molecule has 0 heterocycles. The van der Waals surface area contributed by atoms with E-state index in [1.54, 1.807) is 0 Å². The van der Waals surface area contributed by atoms with Gasteiger partial charge in [-0.2, -0.15) is 33.4 Å². The average molecular weight is 501 g/mol. The van der Waals surface area contributed by atoms with E-state index in [-0.39, 0.29) is 60.8 Å². The Morgan fingerprint density at radius 1 is 1.04 bits per heavy atom. The zero-order valence-corrected chi connectivity index (χ0v) is 22.6. The minimum atomic E-state index is -0.237. The summed E-state index contributed by atoms with van der Waals surface area (Å²) in [6.07, 6.45) is 6.57. The maximum atomic E-state index is 5.50. The van der Waals surface area contributed by atoms with E-state index in [0.717, 1.165) is 13.0 Å². The summed E-state index contributed by atoms with van der Waals surface area (Å²) in [4.78, 5) is 0. The summed E-state index contributed by atoms with van der Waals surface area (Å²) in [5.41, 5.74) is 10.1. The first-order valence-electron chi connectivity index (χ1n) is 8.92. The minimum Gasteiger partial charge on any atom is -1.00 e. The monoisotopic (exact) mass is 498 g/mol. The Balaban J connectivity index is 0. The van der Waals surface area contributed by atoms with Crippen LogP contribution in [-0.2, 0) is 30.6 Å².